The molecule has 1 aromatic carbocycles. The van der Waals surface area contributed by atoms with Gasteiger partial charge >= 0.3 is 0 Å². The molecule has 31 heavy (non-hydrogen) atoms. The van der Waals surface area contributed by atoms with Gasteiger partial charge in [-0.2, -0.15) is 0 Å². The molecule has 0 saturated carbocycles. The van der Waals surface area contributed by atoms with Crippen LogP contribution < -0.4 is 14.8 Å². The average molecular weight is 448 g/mol. The smallest absolute Gasteiger partial charge is 0.229 e. The van der Waals surface area contributed by atoms with Crippen LogP contribution in [-0.2, 0) is 26.1 Å². The minimum Gasteiger partial charge on any atom is -0.487 e. The molecule has 0 aliphatic carbocycles. The highest BCUT2D eigenvalue weighted by molar-refractivity contribution is 7.92. The Labute approximate surface area is 180 Å². The summed E-state index contributed by atoms with van der Waals surface area (Å²) >= 11 is 0. The highest BCUT2D eigenvalue weighted by Crippen LogP contribution is 2.47. The first-order valence-corrected chi connectivity index (χ1v) is 11.9. The summed E-state index contributed by atoms with van der Waals surface area (Å²) in [5.41, 5.74) is 2.20. The summed E-state index contributed by atoms with van der Waals surface area (Å²) in [4.78, 5) is 16.5. The van der Waals surface area contributed by atoms with Crippen molar-refractivity contribution in [2.75, 3.05) is 17.6 Å². The number of carbonyl (C=O) groups is 1. The Morgan fingerprint density at radius 2 is 2.16 bits per heavy atom. The first-order valence-electron chi connectivity index (χ1n) is 10.0. The summed E-state index contributed by atoms with van der Waals surface area (Å²) in [7, 11) is -3.41. The Hall–Kier alpha value is -2.69. The molecule has 2 aliphatic heterocycles. The van der Waals surface area contributed by atoms with Gasteiger partial charge in [0.15, 0.2) is 0 Å². The molecule has 0 radical (unpaired) electrons. The lowest BCUT2D eigenvalue weighted by Crippen LogP contribution is -2.47. The number of nitrogens with zero attached hydrogens (tertiary/aromatic N) is 1. The van der Waals surface area contributed by atoms with Gasteiger partial charge in [-0.1, -0.05) is 6.07 Å². The number of fused-ring (bicyclic) bond motifs is 3. The number of nitrogens with one attached hydrogen (secondary N) is 2. The van der Waals surface area contributed by atoms with Crippen LogP contribution in [0.2, 0.25) is 0 Å². The van der Waals surface area contributed by atoms with Gasteiger partial charge in [-0.3, -0.25) is 14.5 Å². The van der Waals surface area contributed by atoms with Gasteiger partial charge < -0.3 is 19.9 Å². The fraction of sp³-hybridized carbons (Fsp3) is 0.429. The predicted molar refractivity (Wildman–Crippen MR) is 113 cm³/mol. The molecule has 2 aliphatic rings. The van der Waals surface area contributed by atoms with Crippen molar-refractivity contribution in [2.45, 2.75) is 43.6 Å². The number of aliphatic hydroxyl groups is 1. The highest BCUT2D eigenvalue weighted by atomic mass is 32.2. The van der Waals surface area contributed by atoms with E-state index >= 15 is 0 Å². The molecule has 10 heteroatoms. The van der Waals surface area contributed by atoms with Gasteiger partial charge in [-0.15, -0.1) is 0 Å². The van der Waals surface area contributed by atoms with Crippen LogP contribution in [0.3, 0.4) is 0 Å². The van der Waals surface area contributed by atoms with Crippen LogP contribution >= 0.6 is 0 Å². The molecule has 4 rings (SSSR count). The van der Waals surface area contributed by atoms with E-state index in [1.165, 1.54) is 0 Å². The molecule has 0 unspecified atom stereocenters. The molecule has 1 aromatic heterocycles. The van der Waals surface area contributed by atoms with Crippen molar-refractivity contribution >= 4 is 21.6 Å². The second kappa shape index (κ2) is 8.81. The Balaban J connectivity index is 1.45. The third kappa shape index (κ3) is 5.15. The summed E-state index contributed by atoms with van der Waals surface area (Å²) in [5, 5.41) is 12.7. The van der Waals surface area contributed by atoms with Crippen LogP contribution in [0.25, 0.3) is 0 Å². The molecule has 1 fully saturated rings. The summed E-state index contributed by atoms with van der Waals surface area (Å²) in [6, 6.07) is 8.79. The highest BCUT2D eigenvalue weighted by Gasteiger charge is 2.46. The van der Waals surface area contributed by atoms with Crippen molar-refractivity contribution in [2.24, 2.45) is 0 Å². The number of aliphatic hydroxyl groups excluding tert-OH is 1. The van der Waals surface area contributed by atoms with Gasteiger partial charge in [0.25, 0.3) is 0 Å². The van der Waals surface area contributed by atoms with Gasteiger partial charge in [-0.05, 0) is 36.2 Å². The minimum absolute atomic E-state index is 0.113. The monoisotopic (exact) mass is 447 g/mol. The molecule has 3 N–H and O–H groups in total. The van der Waals surface area contributed by atoms with E-state index in [9.17, 15) is 18.3 Å². The second-order valence-corrected chi connectivity index (χ2v) is 9.62. The quantitative estimate of drug-likeness (QED) is 0.581. The predicted octanol–water partition coefficient (Wildman–Crippen LogP) is 1.15. The summed E-state index contributed by atoms with van der Waals surface area (Å²) in [6.07, 6.45) is 3.78. The summed E-state index contributed by atoms with van der Waals surface area (Å²) in [5.74, 6) is 0.367. The Morgan fingerprint density at radius 1 is 1.32 bits per heavy atom. The standard InChI is InChI=1S/C21H25N3O6S/c1-31(27,28)24-14-4-5-18-16(7-14)17-8-15(29-19(12-25)21(17)30-18)9-20(26)23-11-13-3-2-6-22-10-13/h2-7,10,15,17,19,21,24-25H,8-9,11-12H2,1H3,(H,23,26)/t15-,17-,19-,21+/m1/s1. The zero-order valence-electron chi connectivity index (χ0n) is 17.0. The number of benzene rings is 1. The number of anilines is 1. The zero-order chi connectivity index (χ0) is 22.0. The van der Waals surface area contributed by atoms with Crippen molar-refractivity contribution in [1.82, 2.24) is 10.3 Å². The van der Waals surface area contributed by atoms with Crippen LogP contribution in [-0.4, -0.2) is 55.6 Å². The fourth-order valence-corrected chi connectivity index (χ4v) is 4.70. The molecule has 0 spiro atoms. The Kier molecular flexibility index (Phi) is 6.12. The number of hydrogen-bond donors (Lipinski definition) is 3. The first kappa shape index (κ1) is 21.5. The number of amides is 1. The maximum atomic E-state index is 12.4. The number of ether oxygens (including phenoxy) is 2. The van der Waals surface area contributed by atoms with E-state index in [1.54, 1.807) is 30.6 Å². The van der Waals surface area contributed by atoms with E-state index < -0.39 is 22.2 Å². The van der Waals surface area contributed by atoms with Crippen LogP contribution in [0.15, 0.2) is 42.7 Å². The van der Waals surface area contributed by atoms with Gasteiger partial charge in [-0.25, -0.2) is 8.42 Å². The molecule has 0 bridgehead atoms. The van der Waals surface area contributed by atoms with Crippen LogP contribution in [0, 0.1) is 0 Å². The first-order chi connectivity index (χ1) is 14.8. The van der Waals surface area contributed by atoms with E-state index in [4.69, 9.17) is 9.47 Å². The summed E-state index contributed by atoms with van der Waals surface area (Å²) < 4.78 is 37.6. The SMILES string of the molecule is CS(=O)(=O)Nc1ccc2c(c1)[C@H]1C[C@H](CC(=O)NCc3cccnc3)O[C@H](CO)[C@H]1O2. The molecule has 2 aromatic rings. The van der Waals surface area contributed by atoms with E-state index in [1.807, 2.05) is 12.1 Å². The van der Waals surface area contributed by atoms with Crippen molar-refractivity contribution in [3.8, 4) is 5.75 Å². The number of carbonyl (C=O) groups excluding carboxylic acids is 1. The van der Waals surface area contributed by atoms with Crippen LogP contribution in [0.5, 0.6) is 5.75 Å². The molecule has 1 amide bonds. The van der Waals surface area contributed by atoms with Crippen molar-refractivity contribution < 1.29 is 27.8 Å². The van der Waals surface area contributed by atoms with Gasteiger partial charge in [0.05, 0.1) is 25.4 Å². The lowest BCUT2D eigenvalue weighted by atomic mass is 9.84. The maximum absolute atomic E-state index is 12.4. The number of sulfonamides is 1. The second-order valence-electron chi connectivity index (χ2n) is 7.87. The number of hydrogen-bond acceptors (Lipinski definition) is 7. The van der Waals surface area contributed by atoms with Crippen molar-refractivity contribution in [3.63, 3.8) is 0 Å². The largest absolute Gasteiger partial charge is 0.487 e. The lowest BCUT2D eigenvalue weighted by molar-refractivity contribution is -0.142. The van der Waals surface area contributed by atoms with Crippen molar-refractivity contribution in [3.05, 3.63) is 53.9 Å². The van der Waals surface area contributed by atoms with E-state index in [2.05, 4.69) is 15.0 Å². The number of rotatable bonds is 7. The molecule has 1 saturated heterocycles. The van der Waals surface area contributed by atoms with Crippen molar-refractivity contribution in [1.29, 1.82) is 0 Å². The molecule has 166 valence electrons. The topological polar surface area (TPSA) is 127 Å². The molecule has 3 heterocycles. The molecule has 9 nitrogen and oxygen atoms in total. The van der Waals surface area contributed by atoms with Gasteiger partial charge in [0.1, 0.15) is 18.0 Å². The number of pyridine rings is 1. The zero-order valence-corrected chi connectivity index (χ0v) is 17.8. The number of aromatic nitrogens is 1. The minimum atomic E-state index is -3.41. The third-order valence-electron chi connectivity index (χ3n) is 5.43. The van der Waals surface area contributed by atoms with Crippen LogP contribution in [0.4, 0.5) is 5.69 Å². The Morgan fingerprint density at radius 3 is 2.87 bits per heavy atom. The Bertz CT molecular complexity index is 1050. The van der Waals surface area contributed by atoms with E-state index in [-0.39, 0.29) is 31.0 Å². The van der Waals surface area contributed by atoms with E-state index in [0.717, 1.165) is 17.4 Å². The van der Waals surface area contributed by atoms with Crippen LogP contribution in [0.1, 0.15) is 29.9 Å². The normalized spacial score (nSPS) is 24.6. The third-order valence-corrected chi connectivity index (χ3v) is 6.03. The molecule has 4 atom stereocenters. The lowest BCUT2D eigenvalue weighted by Gasteiger charge is -2.37. The summed E-state index contributed by atoms with van der Waals surface area (Å²) in [6.45, 7) is 0.138. The maximum Gasteiger partial charge on any atom is 0.229 e. The van der Waals surface area contributed by atoms with E-state index in [0.29, 0.717) is 24.4 Å². The fourth-order valence-electron chi connectivity index (χ4n) is 4.15. The average Bonchev–Trinajstić information content (AvgIpc) is 3.09. The molecular weight excluding hydrogens is 422 g/mol. The van der Waals surface area contributed by atoms with Gasteiger partial charge in [0.2, 0.25) is 15.9 Å². The van der Waals surface area contributed by atoms with Gasteiger partial charge in [0, 0.05) is 36.1 Å². The molecular formula is C21H25N3O6S.